The number of hydrogen-bond acceptors (Lipinski definition) is 2. The zero-order chi connectivity index (χ0) is 12.0. The van der Waals surface area contributed by atoms with Crippen LogP contribution in [0.3, 0.4) is 0 Å². The van der Waals surface area contributed by atoms with Gasteiger partial charge in [0.05, 0.1) is 0 Å². The van der Waals surface area contributed by atoms with Crippen LogP contribution in [0.5, 0.6) is 0 Å². The van der Waals surface area contributed by atoms with E-state index in [-0.39, 0.29) is 5.69 Å². The molecule has 0 amide bonds. The number of nitrogens with zero attached hydrogens (tertiary/aromatic N) is 1. The summed E-state index contributed by atoms with van der Waals surface area (Å²) in [6.07, 6.45) is 6.01. The summed E-state index contributed by atoms with van der Waals surface area (Å²) in [6, 6.07) is 0. The van der Waals surface area contributed by atoms with E-state index < -0.39 is 0 Å². The van der Waals surface area contributed by atoms with Gasteiger partial charge in [-0.1, -0.05) is 39.5 Å². The first-order chi connectivity index (χ1) is 7.61. The molecule has 1 heterocycles. The van der Waals surface area contributed by atoms with Crippen LogP contribution in [-0.4, -0.2) is 14.8 Å². The second-order valence-electron chi connectivity index (χ2n) is 4.61. The van der Waals surface area contributed by atoms with Gasteiger partial charge in [-0.15, -0.1) is 0 Å². The van der Waals surface area contributed by atoms with Gasteiger partial charge in [-0.2, -0.15) is 0 Å². The lowest BCUT2D eigenvalue weighted by Gasteiger charge is -2.04. The summed E-state index contributed by atoms with van der Waals surface area (Å²) >= 11 is 4.98. The highest BCUT2D eigenvalue weighted by atomic mass is 32.1. The van der Waals surface area contributed by atoms with Crippen molar-refractivity contribution in [1.82, 2.24) is 14.8 Å². The summed E-state index contributed by atoms with van der Waals surface area (Å²) in [5, 5.41) is 5.13. The lowest BCUT2D eigenvalue weighted by Crippen LogP contribution is -2.16. The Kier molecular flexibility index (Phi) is 5.52. The van der Waals surface area contributed by atoms with E-state index in [1.54, 1.807) is 4.57 Å². The summed E-state index contributed by atoms with van der Waals surface area (Å²) in [7, 11) is 0. The molecule has 1 aromatic heterocycles. The molecule has 0 aliphatic heterocycles. The van der Waals surface area contributed by atoms with E-state index in [9.17, 15) is 4.79 Å². The molecule has 0 aliphatic carbocycles. The Balaban J connectivity index is 2.17. The van der Waals surface area contributed by atoms with Crippen LogP contribution in [0.15, 0.2) is 4.79 Å². The minimum absolute atomic E-state index is 0.132. The molecule has 5 heteroatoms. The first-order valence-electron chi connectivity index (χ1n) is 5.98. The van der Waals surface area contributed by atoms with E-state index in [4.69, 9.17) is 12.2 Å². The second kappa shape index (κ2) is 6.68. The van der Waals surface area contributed by atoms with Gasteiger partial charge in [0.15, 0.2) is 4.77 Å². The molecule has 0 unspecified atom stereocenters. The fourth-order valence-electron chi connectivity index (χ4n) is 1.71. The average Bonchev–Trinajstić information content (AvgIpc) is 2.53. The fourth-order valence-corrected chi connectivity index (χ4v) is 1.94. The minimum atomic E-state index is -0.132. The Hall–Kier alpha value is -0.840. The normalized spacial score (nSPS) is 11.2. The average molecular weight is 243 g/mol. The van der Waals surface area contributed by atoms with Crippen molar-refractivity contribution in [2.24, 2.45) is 5.92 Å². The number of aromatic amines is 2. The highest BCUT2D eigenvalue weighted by molar-refractivity contribution is 7.71. The largest absolute Gasteiger partial charge is 0.342 e. The molecule has 92 valence electrons. The Morgan fingerprint density at radius 2 is 1.88 bits per heavy atom. The predicted octanol–water partition coefficient (Wildman–Crippen LogP) is 2.84. The van der Waals surface area contributed by atoms with E-state index >= 15 is 0 Å². The van der Waals surface area contributed by atoms with Crippen molar-refractivity contribution >= 4 is 12.2 Å². The molecule has 0 radical (unpaired) electrons. The Labute approximate surface area is 101 Å². The van der Waals surface area contributed by atoms with Gasteiger partial charge in [0, 0.05) is 6.54 Å². The van der Waals surface area contributed by atoms with E-state index in [0.717, 1.165) is 18.9 Å². The third kappa shape index (κ3) is 4.35. The number of aromatic nitrogens is 3. The summed E-state index contributed by atoms with van der Waals surface area (Å²) in [5.41, 5.74) is -0.132. The summed E-state index contributed by atoms with van der Waals surface area (Å²) in [6.45, 7) is 5.22. The molecule has 0 saturated heterocycles. The maximum atomic E-state index is 11.3. The van der Waals surface area contributed by atoms with Gasteiger partial charge >= 0.3 is 5.69 Å². The van der Waals surface area contributed by atoms with E-state index in [1.165, 1.54) is 25.7 Å². The summed E-state index contributed by atoms with van der Waals surface area (Å²) < 4.78 is 2.07. The lowest BCUT2D eigenvalue weighted by molar-refractivity contribution is 0.502. The third-order valence-electron chi connectivity index (χ3n) is 2.68. The maximum Gasteiger partial charge on any atom is 0.342 e. The van der Waals surface area contributed by atoms with Crippen molar-refractivity contribution in [1.29, 1.82) is 0 Å². The number of unbranched alkanes of at least 4 members (excludes halogenated alkanes) is 3. The molecular formula is C11H21N3OS. The van der Waals surface area contributed by atoms with Gasteiger partial charge in [0.25, 0.3) is 0 Å². The molecule has 0 fully saturated rings. The van der Waals surface area contributed by atoms with E-state index in [0.29, 0.717) is 4.77 Å². The van der Waals surface area contributed by atoms with Gasteiger partial charge in [0.2, 0.25) is 0 Å². The zero-order valence-corrected chi connectivity index (χ0v) is 10.9. The molecule has 16 heavy (non-hydrogen) atoms. The number of hydrogen-bond donors (Lipinski definition) is 2. The Bertz CT molecular complexity index is 374. The Morgan fingerprint density at radius 1 is 1.19 bits per heavy atom. The van der Waals surface area contributed by atoms with Crippen LogP contribution < -0.4 is 5.69 Å². The van der Waals surface area contributed by atoms with Crippen molar-refractivity contribution in [3.63, 3.8) is 0 Å². The molecule has 4 nitrogen and oxygen atoms in total. The standard InChI is InChI=1S/C11H21N3OS/c1-9(2)7-5-3-4-6-8-14-10(15)12-13-11(14)16/h9H,3-8H2,1-2H3,(H,12,15)(H,13,16). The molecule has 1 aromatic rings. The maximum absolute atomic E-state index is 11.3. The van der Waals surface area contributed by atoms with Crippen molar-refractivity contribution in [2.45, 2.75) is 52.5 Å². The summed E-state index contributed by atoms with van der Waals surface area (Å²) in [5.74, 6) is 0.793. The zero-order valence-electron chi connectivity index (χ0n) is 10.1. The molecule has 2 N–H and O–H groups in total. The lowest BCUT2D eigenvalue weighted by atomic mass is 10.0. The molecule has 0 aliphatic rings. The summed E-state index contributed by atoms with van der Waals surface area (Å²) in [4.78, 5) is 11.3. The third-order valence-corrected chi connectivity index (χ3v) is 3.00. The van der Waals surface area contributed by atoms with E-state index in [2.05, 4.69) is 24.0 Å². The highest BCUT2D eigenvalue weighted by Crippen LogP contribution is 2.09. The topological polar surface area (TPSA) is 53.6 Å². The molecule has 1 rings (SSSR count). The molecule has 0 atom stereocenters. The number of H-pyrrole nitrogens is 2. The van der Waals surface area contributed by atoms with Crippen LogP contribution in [0.25, 0.3) is 0 Å². The van der Waals surface area contributed by atoms with Gasteiger partial charge in [0.1, 0.15) is 0 Å². The first kappa shape index (κ1) is 13.2. The smallest absolute Gasteiger partial charge is 0.272 e. The van der Waals surface area contributed by atoms with Crippen LogP contribution in [0.4, 0.5) is 0 Å². The van der Waals surface area contributed by atoms with Crippen LogP contribution in [0.1, 0.15) is 46.0 Å². The van der Waals surface area contributed by atoms with Crippen LogP contribution in [0, 0.1) is 10.7 Å². The van der Waals surface area contributed by atoms with Gasteiger partial charge in [-0.05, 0) is 24.6 Å². The quantitative estimate of drug-likeness (QED) is 0.571. The number of rotatable bonds is 7. The Morgan fingerprint density at radius 3 is 2.44 bits per heavy atom. The first-order valence-corrected chi connectivity index (χ1v) is 6.39. The molecule has 0 aromatic carbocycles. The SMILES string of the molecule is CC(C)CCCCCCn1c(=O)[nH][nH]c1=S. The van der Waals surface area contributed by atoms with Crippen molar-refractivity contribution in [3.05, 3.63) is 15.3 Å². The van der Waals surface area contributed by atoms with Crippen molar-refractivity contribution in [3.8, 4) is 0 Å². The monoisotopic (exact) mass is 243 g/mol. The number of nitrogens with one attached hydrogen (secondary N) is 2. The van der Waals surface area contributed by atoms with Gasteiger partial charge in [-0.3, -0.25) is 9.67 Å². The van der Waals surface area contributed by atoms with Crippen LogP contribution in [0.2, 0.25) is 0 Å². The molecule has 0 bridgehead atoms. The fraction of sp³-hybridized carbons (Fsp3) is 0.818. The minimum Gasteiger partial charge on any atom is -0.272 e. The van der Waals surface area contributed by atoms with Gasteiger partial charge < -0.3 is 0 Å². The van der Waals surface area contributed by atoms with Crippen molar-refractivity contribution in [2.75, 3.05) is 0 Å². The van der Waals surface area contributed by atoms with E-state index in [1.807, 2.05) is 0 Å². The molecular weight excluding hydrogens is 222 g/mol. The van der Waals surface area contributed by atoms with Crippen LogP contribution in [-0.2, 0) is 6.54 Å². The van der Waals surface area contributed by atoms with Crippen molar-refractivity contribution < 1.29 is 0 Å². The molecule has 0 saturated carbocycles. The molecule has 0 spiro atoms. The highest BCUT2D eigenvalue weighted by Gasteiger charge is 1.99. The van der Waals surface area contributed by atoms with Gasteiger partial charge in [-0.25, -0.2) is 9.89 Å². The second-order valence-corrected chi connectivity index (χ2v) is 5.00. The predicted molar refractivity (Wildman–Crippen MR) is 68.2 cm³/mol. The van der Waals surface area contributed by atoms with Crippen LogP contribution >= 0.6 is 12.2 Å².